The van der Waals surface area contributed by atoms with Gasteiger partial charge in [-0.25, -0.2) is 0 Å². The number of ketones is 1. The molecule has 144 valence electrons. The van der Waals surface area contributed by atoms with Crippen LogP contribution in [0.15, 0.2) is 18.2 Å². The van der Waals surface area contributed by atoms with Crippen LogP contribution in [0.3, 0.4) is 0 Å². The molecular weight excluding hydrogens is 324 g/mol. The Hall–Kier alpha value is -1.64. The van der Waals surface area contributed by atoms with Gasteiger partial charge in [0.2, 0.25) is 0 Å². The maximum atomic E-state index is 11.9. The van der Waals surface area contributed by atoms with Crippen molar-refractivity contribution in [2.45, 2.75) is 96.8 Å². The van der Waals surface area contributed by atoms with Gasteiger partial charge < -0.3 is 4.74 Å². The highest BCUT2D eigenvalue weighted by Crippen LogP contribution is 2.39. The van der Waals surface area contributed by atoms with Crippen molar-refractivity contribution in [3.05, 3.63) is 29.3 Å². The van der Waals surface area contributed by atoms with Gasteiger partial charge in [-0.3, -0.25) is 9.59 Å². The van der Waals surface area contributed by atoms with E-state index >= 15 is 0 Å². The van der Waals surface area contributed by atoms with Crippen LogP contribution in [0.4, 0.5) is 0 Å². The van der Waals surface area contributed by atoms with Gasteiger partial charge in [0.05, 0.1) is 0 Å². The summed E-state index contributed by atoms with van der Waals surface area (Å²) in [5.74, 6) is 0.838. The Kier molecular flexibility index (Phi) is 7.43. The molecule has 0 heterocycles. The lowest BCUT2D eigenvalue weighted by Gasteiger charge is -2.28. The van der Waals surface area contributed by atoms with Gasteiger partial charge in [0.25, 0.3) is 0 Å². The second-order valence-electron chi connectivity index (χ2n) is 8.37. The number of hydrogen-bond acceptors (Lipinski definition) is 3. The predicted octanol–water partition coefficient (Wildman–Crippen LogP) is 6.09. The first-order chi connectivity index (χ1) is 12.3. The molecule has 1 fully saturated rings. The van der Waals surface area contributed by atoms with Crippen molar-refractivity contribution in [2.75, 3.05) is 0 Å². The predicted molar refractivity (Wildman–Crippen MR) is 106 cm³/mol. The molecule has 1 aliphatic rings. The van der Waals surface area contributed by atoms with E-state index in [4.69, 9.17) is 4.74 Å². The number of esters is 1. The first-order valence-electron chi connectivity index (χ1n) is 10.2. The molecular formula is C23H34O3. The molecule has 1 aliphatic carbocycles. The zero-order valence-electron chi connectivity index (χ0n) is 16.9. The van der Waals surface area contributed by atoms with Crippen molar-refractivity contribution in [1.29, 1.82) is 0 Å². The minimum absolute atomic E-state index is 0.0452. The van der Waals surface area contributed by atoms with E-state index in [1.807, 2.05) is 6.07 Å². The number of carbonyl (C=O) groups excluding carboxylic acids is 2. The second-order valence-corrected chi connectivity index (χ2v) is 8.37. The fourth-order valence-corrected chi connectivity index (χ4v) is 3.96. The summed E-state index contributed by atoms with van der Waals surface area (Å²) in [6.45, 7) is 8.19. The highest BCUT2D eigenvalue weighted by atomic mass is 16.5. The summed E-state index contributed by atoms with van der Waals surface area (Å²) in [6.07, 6.45) is 9.27. The highest BCUT2D eigenvalue weighted by molar-refractivity contribution is 5.80. The number of Topliss-reactive ketones (excluding diaryl/α,β-unsaturated/α-hetero) is 1. The second kappa shape index (κ2) is 9.34. The van der Waals surface area contributed by atoms with Gasteiger partial charge >= 0.3 is 5.97 Å². The standard InChI is InChI=1S/C23H34O3/c1-5-6-7-8-14-23(3,4)19-12-13-21(22(16-19)26-17(2)24)18-10-9-11-20(25)15-18/h12-13,16,18H,5-11,14-15H2,1-4H3. The van der Waals surface area contributed by atoms with E-state index in [1.165, 1.54) is 38.2 Å². The van der Waals surface area contributed by atoms with Gasteiger partial charge in [0, 0.05) is 19.8 Å². The van der Waals surface area contributed by atoms with Crippen LogP contribution in [0.25, 0.3) is 0 Å². The van der Waals surface area contributed by atoms with Crippen LogP contribution in [0, 0.1) is 0 Å². The lowest BCUT2D eigenvalue weighted by molar-refractivity contribution is -0.131. The molecule has 1 saturated carbocycles. The summed E-state index contributed by atoms with van der Waals surface area (Å²) in [5, 5.41) is 0. The third-order valence-electron chi connectivity index (χ3n) is 5.63. The van der Waals surface area contributed by atoms with E-state index in [2.05, 4.69) is 32.9 Å². The average molecular weight is 359 g/mol. The SMILES string of the molecule is CCCCCCC(C)(C)c1ccc(C2CCCC(=O)C2)c(OC(C)=O)c1. The molecule has 1 aromatic carbocycles. The molecule has 0 saturated heterocycles. The van der Waals surface area contributed by atoms with Gasteiger partial charge in [0.15, 0.2) is 0 Å². The Bertz CT molecular complexity index is 630. The van der Waals surface area contributed by atoms with E-state index in [0.29, 0.717) is 24.4 Å². The number of carbonyl (C=O) groups is 2. The van der Waals surface area contributed by atoms with Crippen molar-refractivity contribution >= 4 is 11.8 Å². The molecule has 0 spiro atoms. The first kappa shape index (κ1) is 20.7. The maximum absolute atomic E-state index is 11.9. The molecule has 0 aromatic heterocycles. The van der Waals surface area contributed by atoms with Crippen molar-refractivity contribution in [3.63, 3.8) is 0 Å². The van der Waals surface area contributed by atoms with Crippen molar-refractivity contribution in [2.24, 2.45) is 0 Å². The largest absolute Gasteiger partial charge is 0.426 e. The summed E-state index contributed by atoms with van der Waals surface area (Å²) < 4.78 is 5.56. The van der Waals surface area contributed by atoms with E-state index in [0.717, 1.165) is 24.8 Å². The number of unbranched alkanes of at least 4 members (excludes halogenated alkanes) is 3. The molecule has 0 amide bonds. The van der Waals surface area contributed by atoms with E-state index < -0.39 is 0 Å². The van der Waals surface area contributed by atoms with Crippen LogP contribution in [0.1, 0.15) is 103 Å². The molecule has 3 heteroatoms. The summed E-state index contributed by atoms with van der Waals surface area (Å²) in [7, 11) is 0. The van der Waals surface area contributed by atoms with Gasteiger partial charge in [-0.15, -0.1) is 0 Å². The lowest BCUT2D eigenvalue weighted by Crippen LogP contribution is -2.19. The maximum Gasteiger partial charge on any atom is 0.308 e. The molecule has 1 unspecified atom stereocenters. The van der Waals surface area contributed by atoms with Gasteiger partial charge in [-0.05, 0) is 47.8 Å². The highest BCUT2D eigenvalue weighted by Gasteiger charge is 2.27. The first-order valence-corrected chi connectivity index (χ1v) is 10.2. The average Bonchev–Trinajstić information content (AvgIpc) is 2.58. The van der Waals surface area contributed by atoms with E-state index in [9.17, 15) is 9.59 Å². The van der Waals surface area contributed by atoms with Crippen LogP contribution in [0.5, 0.6) is 5.75 Å². The minimum Gasteiger partial charge on any atom is -0.426 e. The van der Waals surface area contributed by atoms with Crippen LogP contribution in [-0.4, -0.2) is 11.8 Å². The normalized spacial score (nSPS) is 18.0. The number of ether oxygens (including phenoxy) is 1. The van der Waals surface area contributed by atoms with Crippen molar-refractivity contribution < 1.29 is 14.3 Å². The molecule has 2 rings (SSSR count). The Labute approximate surface area is 158 Å². The molecule has 26 heavy (non-hydrogen) atoms. The van der Waals surface area contributed by atoms with Crippen LogP contribution in [-0.2, 0) is 15.0 Å². The van der Waals surface area contributed by atoms with Crippen LogP contribution in [0.2, 0.25) is 0 Å². The summed E-state index contributed by atoms with van der Waals surface area (Å²) in [4.78, 5) is 23.5. The molecule has 0 aliphatic heterocycles. The molecule has 1 atom stereocenters. The molecule has 0 N–H and O–H groups in total. The van der Waals surface area contributed by atoms with Crippen LogP contribution >= 0.6 is 0 Å². The van der Waals surface area contributed by atoms with Crippen molar-refractivity contribution in [3.8, 4) is 5.75 Å². The zero-order chi connectivity index (χ0) is 19.2. The fraction of sp³-hybridized carbons (Fsp3) is 0.652. The zero-order valence-corrected chi connectivity index (χ0v) is 16.9. The van der Waals surface area contributed by atoms with Gasteiger partial charge in [-0.2, -0.15) is 0 Å². The van der Waals surface area contributed by atoms with Crippen LogP contribution < -0.4 is 4.74 Å². The Morgan fingerprint density at radius 3 is 2.65 bits per heavy atom. The number of benzene rings is 1. The third kappa shape index (κ3) is 5.69. The molecule has 3 nitrogen and oxygen atoms in total. The van der Waals surface area contributed by atoms with E-state index in [1.54, 1.807) is 0 Å². The Morgan fingerprint density at radius 2 is 2.00 bits per heavy atom. The smallest absolute Gasteiger partial charge is 0.308 e. The molecule has 1 aromatic rings. The monoisotopic (exact) mass is 358 g/mol. The quantitative estimate of drug-likeness (QED) is 0.321. The summed E-state index contributed by atoms with van der Waals surface area (Å²) in [6, 6.07) is 6.29. The lowest BCUT2D eigenvalue weighted by atomic mass is 9.77. The van der Waals surface area contributed by atoms with Crippen molar-refractivity contribution in [1.82, 2.24) is 0 Å². The van der Waals surface area contributed by atoms with Gasteiger partial charge in [-0.1, -0.05) is 58.6 Å². The summed E-state index contributed by atoms with van der Waals surface area (Å²) in [5.41, 5.74) is 2.26. The van der Waals surface area contributed by atoms with E-state index in [-0.39, 0.29) is 17.3 Å². The number of hydrogen-bond donors (Lipinski definition) is 0. The number of rotatable bonds is 8. The Balaban J connectivity index is 2.23. The minimum atomic E-state index is -0.300. The molecule has 0 bridgehead atoms. The third-order valence-corrected chi connectivity index (χ3v) is 5.63. The molecule has 0 radical (unpaired) electrons. The summed E-state index contributed by atoms with van der Waals surface area (Å²) >= 11 is 0. The topological polar surface area (TPSA) is 43.4 Å². The van der Waals surface area contributed by atoms with Gasteiger partial charge in [0.1, 0.15) is 11.5 Å². The fourth-order valence-electron chi connectivity index (χ4n) is 3.96. The Morgan fingerprint density at radius 1 is 1.23 bits per heavy atom.